The van der Waals surface area contributed by atoms with E-state index in [1.165, 1.54) is 75.4 Å². The Bertz CT molecular complexity index is 2450. The molecule has 3 unspecified atom stereocenters. The molecule has 5 aromatic carbocycles. The van der Waals surface area contributed by atoms with Gasteiger partial charge in [-0.2, -0.15) is 0 Å². The predicted octanol–water partition coefficient (Wildman–Crippen LogP) is 12.7. The van der Waals surface area contributed by atoms with Gasteiger partial charge in [0.05, 0.1) is 17.5 Å². The van der Waals surface area contributed by atoms with E-state index in [2.05, 4.69) is 175 Å². The molecular formula is C49H37NS2. The second-order valence-corrected chi connectivity index (χ2v) is 16.6. The lowest BCUT2D eigenvalue weighted by molar-refractivity contribution is 0.614. The van der Waals surface area contributed by atoms with E-state index < -0.39 is 5.41 Å². The number of rotatable bonds is 3. The zero-order chi connectivity index (χ0) is 34.2. The maximum absolute atomic E-state index is 2.73. The summed E-state index contributed by atoms with van der Waals surface area (Å²) in [7, 11) is 0. The number of allylic oxidation sites excluding steroid dienone is 8. The van der Waals surface area contributed by atoms with Gasteiger partial charge in [0, 0.05) is 36.8 Å². The number of nitrogens with zero attached hydrogens (tertiary/aromatic N) is 1. The average molecular weight is 704 g/mol. The second kappa shape index (κ2) is 12.0. The highest BCUT2D eigenvalue weighted by Crippen LogP contribution is 2.64. The summed E-state index contributed by atoms with van der Waals surface area (Å²) in [6, 6.07) is 40.3. The number of hydrogen-bond acceptors (Lipinski definition) is 3. The maximum atomic E-state index is 2.73. The summed E-state index contributed by atoms with van der Waals surface area (Å²) in [5, 5.41) is 0. The van der Waals surface area contributed by atoms with Crippen LogP contribution in [0.5, 0.6) is 0 Å². The summed E-state index contributed by atoms with van der Waals surface area (Å²) >= 11 is 3.91. The largest absolute Gasteiger partial charge is 0.357 e. The van der Waals surface area contributed by atoms with Gasteiger partial charge in [0.2, 0.25) is 0 Å². The molecule has 3 heterocycles. The van der Waals surface area contributed by atoms with E-state index >= 15 is 0 Å². The van der Waals surface area contributed by atoms with Crippen molar-refractivity contribution in [2.75, 3.05) is 4.90 Å². The van der Waals surface area contributed by atoms with Crippen molar-refractivity contribution in [3.05, 3.63) is 203 Å². The van der Waals surface area contributed by atoms with Crippen molar-refractivity contribution in [3.63, 3.8) is 0 Å². The normalized spacial score (nSPS) is 22.3. The van der Waals surface area contributed by atoms with Gasteiger partial charge in [-0.25, -0.2) is 0 Å². The van der Waals surface area contributed by atoms with Crippen LogP contribution in [-0.2, 0) is 5.41 Å². The van der Waals surface area contributed by atoms with Crippen LogP contribution in [0.1, 0.15) is 58.6 Å². The van der Waals surface area contributed by atoms with Crippen LogP contribution < -0.4 is 4.90 Å². The standard InChI is InChI=1S/C49H37NS2/c1-3-16-32(17-4-1)34-21-14-27-41-47(34)52-48-38(24-15-28-42(48)49(41)39-25-8-11-30-44(39)51-45-31-12-9-26-40(45)49)37-23-13-22-36-35-20-7-10-29-43(35)50(46(36)37)33-18-5-2-6-19-33/h2-3,5-18,20-31,33,35,43H,1,4,19H2. The zero-order valence-corrected chi connectivity index (χ0v) is 30.4. The lowest BCUT2D eigenvalue weighted by Gasteiger charge is -2.46. The fourth-order valence-electron chi connectivity index (χ4n) is 9.75. The van der Waals surface area contributed by atoms with Gasteiger partial charge in [-0.3, -0.25) is 0 Å². The van der Waals surface area contributed by atoms with Gasteiger partial charge in [-0.15, -0.1) is 0 Å². The SMILES string of the molecule is C1=CCC(N2c3c(-c4cccc5c4Sc4c(C6=CCCC=C6)cccc4C54c5ccccc5Sc5ccccc54)cccc3C3C=CC=CC32)C=C1. The first-order chi connectivity index (χ1) is 25.8. The summed E-state index contributed by atoms with van der Waals surface area (Å²) in [4.78, 5) is 8.15. The lowest BCUT2D eigenvalue weighted by Crippen LogP contribution is -2.41. The minimum Gasteiger partial charge on any atom is -0.357 e. The fourth-order valence-corrected chi connectivity index (χ4v) is 12.4. The van der Waals surface area contributed by atoms with Crippen LogP contribution in [0.25, 0.3) is 16.7 Å². The third-order valence-corrected chi connectivity index (χ3v) is 14.3. The Morgan fingerprint density at radius 1 is 0.558 bits per heavy atom. The predicted molar refractivity (Wildman–Crippen MR) is 219 cm³/mol. The van der Waals surface area contributed by atoms with Crippen molar-refractivity contribution in [1.82, 2.24) is 0 Å². The first-order valence-corrected chi connectivity index (χ1v) is 20.2. The lowest BCUT2D eigenvalue weighted by atomic mass is 9.63. The third kappa shape index (κ3) is 4.33. The molecule has 6 aliphatic rings. The van der Waals surface area contributed by atoms with E-state index in [1.807, 2.05) is 23.5 Å². The first-order valence-electron chi connectivity index (χ1n) is 18.6. The average Bonchev–Trinajstić information content (AvgIpc) is 3.56. The van der Waals surface area contributed by atoms with Crippen molar-refractivity contribution in [3.8, 4) is 11.1 Å². The zero-order valence-electron chi connectivity index (χ0n) is 28.8. The monoisotopic (exact) mass is 703 g/mol. The van der Waals surface area contributed by atoms with Crippen LogP contribution in [-0.4, -0.2) is 12.1 Å². The quantitative estimate of drug-likeness (QED) is 0.180. The maximum Gasteiger partial charge on any atom is 0.0745 e. The van der Waals surface area contributed by atoms with Crippen LogP contribution in [0.2, 0.25) is 0 Å². The van der Waals surface area contributed by atoms with Crippen LogP contribution in [0.3, 0.4) is 0 Å². The van der Waals surface area contributed by atoms with Gasteiger partial charge < -0.3 is 4.90 Å². The summed E-state index contributed by atoms with van der Waals surface area (Å²) in [5.41, 5.74) is 13.2. The second-order valence-electron chi connectivity index (χ2n) is 14.5. The molecule has 3 atom stereocenters. The molecule has 3 heteroatoms. The molecule has 0 bridgehead atoms. The minimum atomic E-state index is -0.465. The molecule has 0 N–H and O–H groups in total. The number of benzene rings is 5. The number of para-hydroxylation sites is 1. The van der Waals surface area contributed by atoms with E-state index in [0.717, 1.165) is 19.3 Å². The molecule has 0 radical (unpaired) electrons. The summed E-state index contributed by atoms with van der Waals surface area (Å²) in [6.07, 6.45) is 28.8. The Labute approximate surface area is 314 Å². The third-order valence-electron chi connectivity index (χ3n) is 11.9. The topological polar surface area (TPSA) is 3.24 Å². The molecule has 11 rings (SSSR count). The molecule has 3 aliphatic carbocycles. The van der Waals surface area contributed by atoms with E-state index in [4.69, 9.17) is 0 Å². The van der Waals surface area contributed by atoms with E-state index in [0.29, 0.717) is 18.0 Å². The van der Waals surface area contributed by atoms with Gasteiger partial charge in [-0.05, 0) is 75.9 Å². The van der Waals surface area contributed by atoms with Gasteiger partial charge in [-0.1, -0.05) is 181 Å². The molecule has 0 saturated carbocycles. The summed E-state index contributed by atoms with van der Waals surface area (Å²) in [6.45, 7) is 0. The van der Waals surface area contributed by atoms with Gasteiger partial charge in [0.25, 0.3) is 0 Å². The molecule has 0 saturated heterocycles. The highest BCUT2D eigenvalue weighted by molar-refractivity contribution is 8.00. The van der Waals surface area contributed by atoms with Crippen LogP contribution in [0.4, 0.5) is 5.69 Å². The Balaban J connectivity index is 1.23. The molecule has 52 heavy (non-hydrogen) atoms. The number of anilines is 1. The van der Waals surface area contributed by atoms with Gasteiger partial charge >= 0.3 is 0 Å². The van der Waals surface area contributed by atoms with Gasteiger partial charge in [0.1, 0.15) is 0 Å². The molecule has 0 amide bonds. The molecule has 250 valence electrons. The van der Waals surface area contributed by atoms with Gasteiger partial charge in [0.15, 0.2) is 0 Å². The Morgan fingerprint density at radius 2 is 1.23 bits per heavy atom. The molecule has 3 aliphatic heterocycles. The Kier molecular flexibility index (Phi) is 7.10. The first kappa shape index (κ1) is 30.6. The molecular weight excluding hydrogens is 667 g/mol. The molecule has 1 spiro atoms. The highest BCUT2D eigenvalue weighted by atomic mass is 32.2. The highest BCUT2D eigenvalue weighted by Gasteiger charge is 2.50. The molecule has 5 aromatic rings. The smallest absolute Gasteiger partial charge is 0.0745 e. The van der Waals surface area contributed by atoms with Crippen molar-refractivity contribution < 1.29 is 0 Å². The fraction of sp³-hybridized carbons (Fsp3) is 0.143. The van der Waals surface area contributed by atoms with E-state index in [9.17, 15) is 0 Å². The van der Waals surface area contributed by atoms with Crippen LogP contribution in [0.15, 0.2) is 190 Å². The molecule has 1 nitrogen and oxygen atoms in total. The van der Waals surface area contributed by atoms with Crippen molar-refractivity contribution in [2.24, 2.45) is 0 Å². The molecule has 0 aromatic heterocycles. The van der Waals surface area contributed by atoms with E-state index in [-0.39, 0.29) is 0 Å². The van der Waals surface area contributed by atoms with Crippen LogP contribution in [0, 0.1) is 0 Å². The summed E-state index contributed by atoms with van der Waals surface area (Å²) < 4.78 is 0. The van der Waals surface area contributed by atoms with Crippen molar-refractivity contribution in [2.45, 2.75) is 62.3 Å². The molecule has 0 fully saturated rings. The number of hydrogen-bond donors (Lipinski definition) is 0. The summed E-state index contributed by atoms with van der Waals surface area (Å²) in [5.74, 6) is 0.337. The number of fused-ring (bicyclic) bond motifs is 11. The van der Waals surface area contributed by atoms with Crippen molar-refractivity contribution in [1.29, 1.82) is 0 Å². The van der Waals surface area contributed by atoms with Crippen LogP contribution >= 0.6 is 23.5 Å². The van der Waals surface area contributed by atoms with Crippen molar-refractivity contribution >= 4 is 34.8 Å². The van der Waals surface area contributed by atoms with E-state index in [1.54, 1.807) is 0 Å². The Hall–Kier alpha value is -4.96. The minimum absolute atomic E-state index is 0.298. The Morgan fingerprint density at radius 3 is 1.98 bits per heavy atom.